The van der Waals surface area contributed by atoms with Crippen molar-refractivity contribution in [2.24, 2.45) is 0 Å². The van der Waals surface area contributed by atoms with Crippen LogP contribution in [0.4, 0.5) is 4.39 Å². The quantitative estimate of drug-likeness (QED) is 0.534. The van der Waals surface area contributed by atoms with Crippen molar-refractivity contribution in [3.63, 3.8) is 0 Å². The van der Waals surface area contributed by atoms with Gasteiger partial charge in [-0.05, 0) is 61.6 Å². The lowest BCUT2D eigenvalue weighted by molar-refractivity contribution is 0.0732. The third-order valence-electron chi connectivity index (χ3n) is 5.60. The van der Waals surface area contributed by atoms with Crippen LogP contribution in [0.5, 0.6) is 11.5 Å². The molecule has 0 aliphatic carbocycles. The lowest BCUT2D eigenvalue weighted by Crippen LogP contribution is -2.37. The van der Waals surface area contributed by atoms with Crippen LogP contribution in [0.1, 0.15) is 33.9 Å². The fourth-order valence-electron chi connectivity index (χ4n) is 4.10. The van der Waals surface area contributed by atoms with Crippen LogP contribution in [-0.4, -0.2) is 42.6 Å². The molecule has 7 heteroatoms. The van der Waals surface area contributed by atoms with Crippen molar-refractivity contribution in [3.05, 3.63) is 64.5 Å². The number of aryl methyl sites for hydroxylation is 1. The Morgan fingerprint density at radius 3 is 2.61 bits per heavy atom. The Morgan fingerprint density at radius 2 is 1.90 bits per heavy atom. The van der Waals surface area contributed by atoms with Crippen LogP contribution in [0.3, 0.4) is 0 Å². The summed E-state index contributed by atoms with van der Waals surface area (Å²) in [6, 6.07) is 12.2. The number of thiazole rings is 1. The van der Waals surface area contributed by atoms with Gasteiger partial charge in [-0.1, -0.05) is 18.2 Å². The SMILES string of the molecule is COc1ccc(C[C@@H]2CCCN2C(=O)c2nc(C)sc2-c2ccc(F)cc2)cc1OC. The zero-order valence-corrected chi connectivity index (χ0v) is 18.7. The van der Waals surface area contributed by atoms with E-state index < -0.39 is 0 Å². The molecule has 1 atom stereocenters. The van der Waals surface area contributed by atoms with E-state index in [-0.39, 0.29) is 17.8 Å². The van der Waals surface area contributed by atoms with Crippen LogP contribution >= 0.6 is 11.3 Å². The molecule has 1 aliphatic rings. The minimum Gasteiger partial charge on any atom is -0.493 e. The average molecular weight is 441 g/mol. The smallest absolute Gasteiger partial charge is 0.274 e. The van der Waals surface area contributed by atoms with Crippen LogP contribution in [0.25, 0.3) is 10.4 Å². The molecule has 0 spiro atoms. The van der Waals surface area contributed by atoms with Gasteiger partial charge < -0.3 is 14.4 Å². The molecule has 2 heterocycles. The van der Waals surface area contributed by atoms with Crippen LogP contribution in [0, 0.1) is 12.7 Å². The van der Waals surface area contributed by atoms with Gasteiger partial charge >= 0.3 is 0 Å². The molecule has 0 bridgehead atoms. The fraction of sp³-hybridized carbons (Fsp3) is 0.333. The monoisotopic (exact) mass is 440 g/mol. The van der Waals surface area contributed by atoms with Crippen molar-refractivity contribution >= 4 is 17.2 Å². The highest BCUT2D eigenvalue weighted by molar-refractivity contribution is 7.15. The van der Waals surface area contributed by atoms with Crippen LogP contribution in [0.15, 0.2) is 42.5 Å². The molecule has 0 N–H and O–H groups in total. The van der Waals surface area contributed by atoms with Gasteiger partial charge in [-0.15, -0.1) is 11.3 Å². The van der Waals surface area contributed by atoms with Crippen molar-refractivity contribution in [1.29, 1.82) is 0 Å². The molecule has 1 aliphatic heterocycles. The zero-order valence-electron chi connectivity index (χ0n) is 17.9. The third kappa shape index (κ3) is 4.42. The predicted octanol–water partition coefficient (Wildman–Crippen LogP) is 5.12. The maximum Gasteiger partial charge on any atom is 0.274 e. The molecule has 2 aromatic carbocycles. The Bertz CT molecular complexity index is 1080. The van der Waals surface area contributed by atoms with Gasteiger partial charge in [-0.3, -0.25) is 4.79 Å². The van der Waals surface area contributed by atoms with Gasteiger partial charge in [0.25, 0.3) is 5.91 Å². The average Bonchev–Trinajstić information content (AvgIpc) is 3.40. The number of hydrogen-bond donors (Lipinski definition) is 0. The third-order valence-corrected chi connectivity index (χ3v) is 6.62. The normalized spacial score (nSPS) is 15.9. The highest BCUT2D eigenvalue weighted by Gasteiger charge is 2.32. The number of amides is 1. The minimum atomic E-state index is -0.299. The molecular weight excluding hydrogens is 415 g/mol. The van der Waals surface area contributed by atoms with Gasteiger partial charge in [0.05, 0.1) is 24.1 Å². The van der Waals surface area contributed by atoms with Gasteiger partial charge in [0.15, 0.2) is 11.5 Å². The van der Waals surface area contributed by atoms with Crippen molar-refractivity contribution in [2.75, 3.05) is 20.8 Å². The van der Waals surface area contributed by atoms with E-state index in [2.05, 4.69) is 4.98 Å². The summed E-state index contributed by atoms with van der Waals surface area (Å²) in [6.45, 7) is 2.59. The molecule has 0 saturated carbocycles. The van der Waals surface area contributed by atoms with E-state index in [1.165, 1.54) is 23.5 Å². The molecule has 5 nitrogen and oxygen atoms in total. The summed E-state index contributed by atoms with van der Waals surface area (Å²) in [5.74, 6) is 1.01. The van der Waals surface area contributed by atoms with E-state index in [0.29, 0.717) is 23.7 Å². The van der Waals surface area contributed by atoms with E-state index in [4.69, 9.17) is 9.47 Å². The Hall–Kier alpha value is -2.93. The number of carbonyl (C=O) groups excluding carboxylic acids is 1. The number of nitrogens with zero attached hydrogens (tertiary/aromatic N) is 2. The number of methoxy groups -OCH3 is 2. The fourth-order valence-corrected chi connectivity index (χ4v) is 5.02. The molecule has 4 rings (SSSR count). The molecule has 1 fully saturated rings. The van der Waals surface area contributed by atoms with Gasteiger partial charge in [-0.2, -0.15) is 0 Å². The Kier molecular flexibility index (Phi) is 6.23. The van der Waals surface area contributed by atoms with Gasteiger partial charge in [0.2, 0.25) is 0 Å². The van der Waals surface area contributed by atoms with E-state index in [9.17, 15) is 9.18 Å². The molecule has 0 radical (unpaired) electrons. The topological polar surface area (TPSA) is 51.7 Å². The van der Waals surface area contributed by atoms with E-state index in [1.54, 1.807) is 26.4 Å². The maximum absolute atomic E-state index is 13.5. The number of rotatable bonds is 6. The van der Waals surface area contributed by atoms with Crippen LogP contribution in [-0.2, 0) is 6.42 Å². The second-order valence-corrected chi connectivity index (χ2v) is 8.81. The second kappa shape index (κ2) is 9.06. The first-order chi connectivity index (χ1) is 15.0. The van der Waals surface area contributed by atoms with Crippen molar-refractivity contribution < 1.29 is 18.7 Å². The second-order valence-electron chi connectivity index (χ2n) is 7.61. The first-order valence-electron chi connectivity index (χ1n) is 10.3. The number of likely N-dealkylation sites (tertiary alicyclic amines) is 1. The lowest BCUT2D eigenvalue weighted by Gasteiger charge is -2.25. The molecule has 1 amide bonds. The number of ether oxygens (including phenoxy) is 2. The Balaban J connectivity index is 1.58. The molecule has 0 unspecified atom stereocenters. The number of benzene rings is 2. The predicted molar refractivity (Wildman–Crippen MR) is 120 cm³/mol. The van der Waals surface area contributed by atoms with E-state index in [1.807, 2.05) is 30.0 Å². The van der Waals surface area contributed by atoms with Gasteiger partial charge in [0.1, 0.15) is 11.5 Å². The number of halogens is 1. The first kappa shape index (κ1) is 21.3. The zero-order chi connectivity index (χ0) is 22.0. The maximum atomic E-state index is 13.5. The molecule has 3 aromatic rings. The number of carbonyl (C=O) groups is 1. The molecular formula is C24H25FN2O3S. The van der Waals surface area contributed by atoms with Crippen molar-refractivity contribution in [3.8, 4) is 21.9 Å². The Morgan fingerprint density at radius 1 is 1.16 bits per heavy atom. The Labute approximate surface area is 185 Å². The molecule has 31 heavy (non-hydrogen) atoms. The van der Waals surface area contributed by atoms with Gasteiger partial charge in [-0.25, -0.2) is 9.37 Å². The summed E-state index contributed by atoms with van der Waals surface area (Å²) >= 11 is 1.46. The highest BCUT2D eigenvalue weighted by Crippen LogP contribution is 2.34. The van der Waals surface area contributed by atoms with Crippen molar-refractivity contribution in [1.82, 2.24) is 9.88 Å². The summed E-state index contributed by atoms with van der Waals surface area (Å²) in [4.78, 5) is 20.8. The molecule has 162 valence electrons. The number of aromatic nitrogens is 1. The minimum absolute atomic E-state index is 0.0633. The summed E-state index contributed by atoms with van der Waals surface area (Å²) < 4.78 is 24.1. The number of hydrogen-bond acceptors (Lipinski definition) is 5. The van der Waals surface area contributed by atoms with E-state index >= 15 is 0 Å². The molecule has 1 saturated heterocycles. The van der Waals surface area contributed by atoms with Crippen LogP contribution in [0.2, 0.25) is 0 Å². The largest absolute Gasteiger partial charge is 0.493 e. The molecule has 1 aromatic heterocycles. The van der Waals surface area contributed by atoms with Crippen molar-refractivity contribution in [2.45, 2.75) is 32.2 Å². The summed E-state index contributed by atoms with van der Waals surface area (Å²) in [7, 11) is 3.23. The lowest BCUT2D eigenvalue weighted by atomic mass is 10.0. The first-order valence-corrected chi connectivity index (χ1v) is 11.1. The van der Waals surface area contributed by atoms with Crippen LogP contribution < -0.4 is 9.47 Å². The highest BCUT2D eigenvalue weighted by atomic mass is 32.1. The standard InChI is InChI=1S/C24H25FN2O3S/c1-15-26-22(23(31-15)17-7-9-18(25)10-8-17)24(28)27-12-4-5-19(27)13-16-6-11-20(29-2)21(14-16)30-3/h6-11,14,19H,4-5,12-13H2,1-3H3/t19-/m0/s1. The van der Waals surface area contributed by atoms with E-state index in [0.717, 1.165) is 40.3 Å². The summed E-state index contributed by atoms with van der Waals surface area (Å²) in [6.07, 6.45) is 2.63. The summed E-state index contributed by atoms with van der Waals surface area (Å²) in [5.41, 5.74) is 2.36. The van der Waals surface area contributed by atoms with Gasteiger partial charge in [0, 0.05) is 12.6 Å². The summed E-state index contributed by atoms with van der Waals surface area (Å²) in [5, 5.41) is 0.818.